The van der Waals surface area contributed by atoms with Crippen LogP contribution in [0, 0.1) is 19.8 Å². The molecule has 0 bridgehead atoms. The quantitative estimate of drug-likeness (QED) is 0.339. The minimum absolute atomic E-state index is 0.0111. The van der Waals surface area contributed by atoms with E-state index in [9.17, 15) is 9.59 Å². The second-order valence-corrected chi connectivity index (χ2v) is 11.5. The Morgan fingerprint density at radius 3 is 2.74 bits per heavy atom. The van der Waals surface area contributed by atoms with Gasteiger partial charge in [0, 0.05) is 23.5 Å². The molecule has 2 aliphatic rings. The van der Waals surface area contributed by atoms with Crippen LogP contribution in [0.1, 0.15) is 58.2 Å². The predicted molar refractivity (Wildman–Crippen MR) is 152 cm³/mol. The van der Waals surface area contributed by atoms with Gasteiger partial charge in [0.25, 0.3) is 5.91 Å². The molecule has 2 aliphatic heterocycles. The number of hydrogen-bond acceptors (Lipinski definition) is 6. The van der Waals surface area contributed by atoms with Crippen molar-refractivity contribution >= 4 is 23.2 Å². The average Bonchev–Trinajstić information content (AvgIpc) is 3.60. The van der Waals surface area contributed by atoms with Crippen molar-refractivity contribution in [3.8, 4) is 17.2 Å². The number of carbonyl (C=O) groups is 2. The molecule has 2 amide bonds. The van der Waals surface area contributed by atoms with E-state index in [1.54, 1.807) is 34.4 Å². The van der Waals surface area contributed by atoms with Crippen LogP contribution in [-0.4, -0.2) is 54.6 Å². The summed E-state index contributed by atoms with van der Waals surface area (Å²) >= 11 is 1.73. The van der Waals surface area contributed by atoms with E-state index in [1.165, 1.54) is 10.4 Å². The molecule has 0 N–H and O–H groups in total. The highest BCUT2D eigenvalue weighted by molar-refractivity contribution is 7.10. The zero-order valence-electron chi connectivity index (χ0n) is 23.1. The largest absolute Gasteiger partial charge is 0.491 e. The molecule has 206 valence electrons. The molecule has 0 radical (unpaired) electrons. The van der Waals surface area contributed by atoms with Gasteiger partial charge in [0.15, 0.2) is 11.5 Å². The van der Waals surface area contributed by atoms with E-state index in [1.807, 2.05) is 24.0 Å². The van der Waals surface area contributed by atoms with E-state index in [-0.39, 0.29) is 37.1 Å². The molecule has 0 spiro atoms. The van der Waals surface area contributed by atoms with Crippen LogP contribution >= 0.6 is 11.3 Å². The number of carbonyl (C=O) groups excluding carboxylic acids is 2. The highest BCUT2D eigenvalue weighted by atomic mass is 32.1. The number of benzene rings is 2. The van der Waals surface area contributed by atoms with E-state index < -0.39 is 0 Å². The molecule has 0 saturated heterocycles. The van der Waals surface area contributed by atoms with Crippen molar-refractivity contribution in [3.63, 3.8) is 0 Å². The highest BCUT2D eigenvalue weighted by Gasteiger charge is 2.34. The lowest BCUT2D eigenvalue weighted by Gasteiger charge is -2.37. The Bertz CT molecular complexity index is 1350. The van der Waals surface area contributed by atoms with Gasteiger partial charge in [-0.3, -0.25) is 9.59 Å². The number of nitrogens with zero attached hydrogens (tertiary/aromatic N) is 2. The number of ether oxygens (including phenoxy) is 3. The van der Waals surface area contributed by atoms with Crippen LogP contribution < -0.4 is 14.2 Å². The maximum Gasteiger partial charge on any atom is 0.254 e. The number of aryl methyl sites for hydroxylation is 2. The van der Waals surface area contributed by atoms with Gasteiger partial charge in [0.2, 0.25) is 12.7 Å². The molecule has 3 heterocycles. The lowest BCUT2D eigenvalue weighted by molar-refractivity contribution is -0.135. The summed E-state index contributed by atoms with van der Waals surface area (Å²) in [5, 5.41) is 2.08. The number of fused-ring (bicyclic) bond motifs is 2. The maximum absolute atomic E-state index is 13.9. The van der Waals surface area contributed by atoms with Gasteiger partial charge in [-0.05, 0) is 73.0 Å². The highest BCUT2D eigenvalue weighted by Crippen LogP contribution is 2.35. The van der Waals surface area contributed by atoms with Crippen molar-refractivity contribution in [2.45, 2.75) is 46.6 Å². The number of amides is 2. The summed E-state index contributed by atoms with van der Waals surface area (Å²) in [5.41, 5.74) is 3.88. The summed E-state index contributed by atoms with van der Waals surface area (Å²) in [4.78, 5) is 32.4. The van der Waals surface area contributed by atoms with Crippen LogP contribution in [0.4, 0.5) is 0 Å². The smallest absolute Gasteiger partial charge is 0.254 e. The molecule has 8 heteroatoms. The summed E-state index contributed by atoms with van der Waals surface area (Å²) < 4.78 is 17.2. The van der Waals surface area contributed by atoms with Gasteiger partial charge in [0.1, 0.15) is 18.9 Å². The lowest BCUT2D eigenvalue weighted by atomic mass is 10.00. The van der Waals surface area contributed by atoms with Crippen molar-refractivity contribution in [3.05, 3.63) is 75.0 Å². The van der Waals surface area contributed by atoms with Gasteiger partial charge in [-0.25, -0.2) is 0 Å². The van der Waals surface area contributed by atoms with Crippen LogP contribution in [0.15, 0.2) is 47.8 Å². The summed E-state index contributed by atoms with van der Waals surface area (Å²) in [6.07, 6.45) is 1.72. The van der Waals surface area contributed by atoms with Crippen molar-refractivity contribution in [1.29, 1.82) is 0 Å². The van der Waals surface area contributed by atoms with Crippen LogP contribution in [-0.2, 0) is 11.2 Å². The average molecular weight is 549 g/mol. The molecule has 39 heavy (non-hydrogen) atoms. The summed E-state index contributed by atoms with van der Waals surface area (Å²) in [6.45, 7) is 9.91. The molecule has 1 aromatic heterocycles. The summed E-state index contributed by atoms with van der Waals surface area (Å²) in [7, 11) is 0. The van der Waals surface area contributed by atoms with E-state index in [0.29, 0.717) is 36.8 Å². The topological polar surface area (TPSA) is 68.3 Å². The van der Waals surface area contributed by atoms with Crippen molar-refractivity contribution in [1.82, 2.24) is 9.80 Å². The first kappa shape index (κ1) is 27.1. The van der Waals surface area contributed by atoms with Crippen LogP contribution in [0.3, 0.4) is 0 Å². The SMILES string of the molecule is CC[C@H](C)CN(CC(=O)N1CCc2sccc2[C@@H]1COc1ccc(C)cc1C)C(=O)c1ccc2c(c1)OCO2. The Labute approximate surface area is 234 Å². The Morgan fingerprint density at radius 1 is 1.13 bits per heavy atom. The van der Waals surface area contributed by atoms with Crippen LogP contribution in [0.5, 0.6) is 17.2 Å². The first-order valence-corrected chi connectivity index (χ1v) is 14.5. The summed E-state index contributed by atoms with van der Waals surface area (Å²) in [6, 6.07) is 13.2. The van der Waals surface area contributed by atoms with Gasteiger partial charge < -0.3 is 24.0 Å². The van der Waals surface area contributed by atoms with E-state index >= 15 is 0 Å². The van der Waals surface area contributed by atoms with Crippen molar-refractivity contribution in [2.75, 3.05) is 33.0 Å². The molecule has 5 rings (SSSR count). The van der Waals surface area contributed by atoms with Crippen LogP contribution in [0.25, 0.3) is 0 Å². The Morgan fingerprint density at radius 2 is 1.95 bits per heavy atom. The molecule has 2 atom stereocenters. The first-order chi connectivity index (χ1) is 18.8. The van der Waals surface area contributed by atoms with Gasteiger partial charge in [-0.2, -0.15) is 0 Å². The first-order valence-electron chi connectivity index (χ1n) is 13.6. The molecule has 0 aliphatic carbocycles. The molecule has 3 aromatic rings. The number of thiophene rings is 1. The second-order valence-electron chi connectivity index (χ2n) is 10.5. The molecule has 0 fully saturated rings. The van der Waals surface area contributed by atoms with E-state index in [0.717, 1.165) is 29.7 Å². The van der Waals surface area contributed by atoms with Gasteiger partial charge in [-0.1, -0.05) is 38.0 Å². The molecule has 0 unspecified atom stereocenters. The van der Waals surface area contributed by atoms with Gasteiger partial charge >= 0.3 is 0 Å². The monoisotopic (exact) mass is 548 g/mol. The van der Waals surface area contributed by atoms with Crippen LogP contribution in [0.2, 0.25) is 0 Å². The molecule has 7 nitrogen and oxygen atoms in total. The zero-order chi connectivity index (χ0) is 27.5. The fraction of sp³-hybridized carbons (Fsp3) is 0.419. The molecule has 0 saturated carbocycles. The third-order valence-electron chi connectivity index (χ3n) is 7.60. The third-order valence-corrected chi connectivity index (χ3v) is 8.60. The second kappa shape index (κ2) is 11.7. The Hall–Kier alpha value is -3.52. The standard InChI is InChI=1S/C31H36N2O5S/c1-5-20(2)16-32(31(35)23-7-9-27-28(15-23)38-19-37-27)17-30(34)33-12-10-29-24(11-13-39-29)25(33)18-36-26-8-6-21(3)14-22(26)4/h6-9,11,13-15,20,25H,5,10,12,16-19H2,1-4H3/t20-,25-/m0/s1. The minimum atomic E-state index is -0.209. The van der Waals surface area contributed by atoms with E-state index in [2.05, 4.69) is 38.3 Å². The zero-order valence-corrected chi connectivity index (χ0v) is 23.9. The lowest BCUT2D eigenvalue weighted by Crippen LogP contribution is -2.48. The van der Waals surface area contributed by atoms with Gasteiger partial charge in [-0.15, -0.1) is 11.3 Å². The Kier molecular flexibility index (Phi) is 8.12. The Balaban J connectivity index is 1.36. The van der Waals surface area contributed by atoms with Gasteiger partial charge in [0.05, 0.1) is 6.04 Å². The van der Waals surface area contributed by atoms with Crippen molar-refractivity contribution < 1.29 is 23.8 Å². The molecular weight excluding hydrogens is 512 g/mol. The molecule has 2 aromatic carbocycles. The fourth-order valence-electron chi connectivity index (χ4n) is 5.20. The number of hydrogen-bond donors (Lipinski definition) is 0. The van der Waals surface area contributed by atoms with Crippen molar-refractivity contribution in [2.24, 2.45) is 5.92 Å². The third kappa shape index (κ3) is 5.91. The fourth-order valence-corrected chi connectivity index (χ4v) is 6.12. The van der Waals surface area contributed by atoms with E-state index in [4.69, 9.17) is 14.2 Å². The summed E-state index contributed by atoms with van der Waals surface area (Å²) in [5.74, 6) is 2.01. The normalized spacial score (nSPS) is 16.5. The predicted octanol–water partition coefficient (Wildman–Crippen LogP) is 5.79. The minimum Gasteiger partial charge on any atom is -0.491 e. The molecular formula is C31H36N2O5S. The number of rotatable bonds is 9. The maximum atomic E-state index is 13.9.